The van der Waals surface area contributed by atoms with Crippen molar-refractivity contribution < 1.29 is 23.1 Å². The van der Waals surface area contributed by atoms with E-state index in [4.69, 9.17) is 0 Å². The lowest BCUT2D eigenvalue weighted by atomic mass is 9.86. The maximum atomic E-state index is 13.1. The zero-order valence-electron chi connectivity index (χ0n) is 16.3. The predicted molar refractivity (Wildman–Crippen MR) is 113 cm³/mol. The molecule has 1 unspecified atom stereocenters. The van der Waals surface area contributed by atoms with Crippen molar-refractivity contribution in [3.05, 3.63) is 48.8 Å². The standard InChI is InChI=1S/C20H19N5O5S/c26-18-20(8-4-9-24(12-20)19(27)28)23-16-14-7-10-25(17(14)21-11-15(16)22-18)31(29,30)13-5-2-1-3-6-13/h1-3,5-7,10-11,23H,4,8-9,12H2,(H,22,26)(H,27,28). The van der Waals surface area contributed by atoms with Crippen molar-refractivity contribution in [3.63, 3.8) is 0 Å². The minimum Gasteiger partial charge on any atom is -0.465 e. The van der Waals surface area contributed by atoms with Crippen LogP contribution in [-0.2, 0) is 14.8 Å². The van der Waals surface area contributed by atoms with E-state index in [1.54, 1.807) is 24.3 Å². The average Bonchev–Trinajstić information content (AvgIpc) is 3.21. The Hall–Kier alpha value is -3.60. The summed E-state index contributed by atoms with van der Waals surface area (Å²) in [5.74, 6) is -0.330. The molecule has 31 heavy (non-hydrogen) atoms. The van der Waals surface area contributed by atoms with Crippen LogP contribution in [0.5, 0.6) is 0 Å². The Labute approximate surface area is 177 Å². The van der Waals surface area contributed by atoms with Crippen molar-refractivity contribution in [3.8, 4) is 0 Å². The third-order valence-corrected chi connectivity index (χ3v) is 7.47. The second-order valence-corrected chi connectivity index (χ2v) is 9.50. The van der Waals surface area contributed by atoms with Gasteiger partial charge >= 0.3 is 6.09 Å². The average molecular weight is 441 g/mol. The molecule has 3 aromatic rings. The minimum atomic E-state index is -3.86. The van der Waals surface area contributed by atoms with Crippen molar-refractivity contribution in [2.45, 2.75) is 23.3 Å². The number of fused-ring (bicyclic) bond motifs is 3. The van der Waals surface area contributed by atoms with Crippen LogP contribution in [0.15, 0.2) is 53.7 Å². The van der Waals surface area contributed by atoms with E-state index in [0.717, 1.165) is 3.97 Å². The summed E-state index contributed by atoms with van der Waals surface area (Å²) in [7, 11) is -3.86. The third-order valence-electron chi connectivity index (χ3n) is 5.79. The van der Waals surface area contributed by atoms with Crippen LogP contribution < -0.4 is 10.6 Å². The van der Waals surface area contributed by atoms with Gasteiger partial charge in [0.2, 0.25) is 0 Å². The summed E-state index contributed by atoms with van der Waals surface area (Å²) in [6.07, 6.45) is 2.73. The molecule has 11 heteroatoms. The number of aromatic nitrogens is 2. The largest absolute Gasteiger partial charge is 0.465 e. The number of piperidine rings is 1. The Morgan fingerprint density at radius 3 is 2.71 bits per heavy atom. The molecule has 2 aromatic heterocycles. The predicted octanol–water partition coefficient (Wildman–Crippen LogP) is 2.15. The van der Waals surface area contributed by atoms with Crippen molar-refractivity contribution in [1.29, 1.82) is 0 Å². The van der Waals surface area contributed by atoms with E-state index in [2.05, 4.69) is 15.6 Å². The molecule has 3 N–H and O–H groups in total. The van der Waals surface area contributed by atoms with Crippen LogP contribution in [0.25, 0.3) is 11.0 Å². The minimum absolute atomic E-state index is 0.000442. The maximum absolute atomic E-state index is 13.1. The Bertz CT molecular complexity index is 1320. The molecule has 0 aliphatic carbocycles. The molecule has 0 bridgehead atoms. The lowest BCUT2D eigenvalue weighted by Gasteiger charge is -2.44. The molecule has 1 spiro atoms. The van der Waals surface area contributed by atoms with Gasteiger partial charge in [0.15, 0.2) is 5.65 Å². The Morgan fingerprint density at radius 1 is 1.19 bits per heavy atom. The van der Waals surface area contributed by atoms with E-state index >= 15 is 0 Å². The Kier molecular flexibility index (Phi) is 4.19. The highest BCUT2D eigenvalue weighted by Gasteiger charge is 2.47. The summed E-state index contributed by atoms with van der Waals surface area (Å²) in [5, 5.41) is 15.9. The van der Waals surface area contributed by atoms with E-state index in [1.807, 2.05) is 0 Å². The second-order valence-electron chi connectivity index (χ2n) is 7.68. The number of amides is 2. The number of rotatable bonds is 2. The lowest BCUT2D eigenvalue weighted by Crippen LogP contribution is -2.62. The second kappa shape index (κ2) is 6.71. The molecule has 1 fully saturated rings. The summed E-state index contributed by atoms with van der Waals surface area (Å²) in [6.45, 7) is 0.358. The number of carbonyl (C=O) groups excluding carboxylic acids is 1. The summed E-state index contributed by atoms with van der Waals surface area (Å²) in [4.78, 5) is 30.0. The number of nitrogens with one attached hydrogen (secondary N) is 2. The number of carboxylic acid groups (broad SMARTS) is 1. The number of anilines is 2. The van der Waals surface area contributed by atoms with Crippen LogP contribution in [0.3, 0.4) is 0 Å². The molecule has 2 aliphatic rings. The normalized spacial score (nSPS) is 20.9. The Morgan fingerprint density at radius 2 is 1.97 bits per heavy atom. The highest BCUT2D eigenvalue weighted by Crippen LogP contribution is 2.40. The van der Waals surface area contributed by atoms with Crippen LogP contribution in [0.2, 0.25) is 0 Å². The van der Waals surface area contributed by atoms with Gasteiger partial charge in [0.05, 0.1) is 29.0 Å². The van der Waals surface area contributed by atoms with Crippen molar-refractivity contribution in [2.24, 2.45) is 0 Å². The molecule has 10 nitrogen and oxygen atoms in total. The van der Waals surface area contributed by atoms with Gasteiger partial charge in [-0.15, -0.1) is 0 Å². The lowest BCUT2D eigenvalue weighted by molar-refractivity contribution is -0.122. The fraction of sp³-hybridized carbons (Fsp3) is 0.250. The van der Waals surface area contributed by atoms with Crippen LogP contribution in [0.1, 0.15) is 12.8 Å². The van der Waals surface area contributed by atoms with Crippen LogP contribution in [0.4, 0.5) is 16.2 Å². The molecule has 4 heterocycles. The van der Waals surface area contributed by atoms with Crippen LogP contribution in [-0.4, -0.2) is 58.0 Å². The molecule has 2 aliphatic heterocycles. The van der Waals surface area contributed by atoms with Crippen molar-refractivity contribution >= 4 is 44.4 Å². The van der Waals surface area contributed by atoms with Crippen molar-refractivity contribution in [1.82, 2.24) is 13.9 Å². The maximum Gasteiger partial charge on any atom is 0.407 e. The summed E-state index contributed by atoms with van der Waals surface area (Å²) < 4.78 is 27.3. The number of benzene rings is 1. The number of hydrogen-bond donors (Lipinski definition) is 3. The molecule has 1 aromatic carbocycles. The number of hydrogen-bond acceptors (Lipinski definition) is 6. The van der Waals surface area contributed by atoms with Gasteiger partial charge in [-0.25, -0.2) is 22.2 Å². The molecule has 1 saturated heterocycles. The number of carbonyl (C=O) groups is 2. The molecule has 0 saturated carbocycles. The molecule has 1 atom stereocenters. The number of nitrogens with zero attached hydrogens (tertiary/aromatic N) is 3. The first kappa shape index (κ1) is 19.4. The van der Waals surface area contributed by atoms with E-state index in [9.17, 15) is 23.1 Å². The van der Waals surface area contributed by atoms with Crippen molar-refractivity contribution in [2.75, 3.05) is 23.7 Å². The molecule has 5 rings (SSSR count). The zero-order valence-corrected chi connectivity index (χ0v) is 17.1. The SMILES string of the molecule is O=C(O)N1CCCC2(C1)Nc1c(cnc3c1ccn3S(=O)(=O)c1ccccc1)NC2=O. The fourth-order valence-electron chi connectivity index (χ4n) is 4.24. The first-order chi connectivity index (χ1) is 14.8. The van der Waals surface area contributed by atoms with Gasteiger partial charge in [0.25, 0.3) is 15.9 Å². The number of likely N-dealkylation sites (tertiary alicyclic amines) is 1. The van der Waals surface area contributed by atoms with Gasteiger partial charge in [-0.1, -0.05) is 18.2 Å². The van der Waals surface area contributed by atoms with Gasteiger partial charge in [-0.2, -0.15) is 0 Å². The van der Waals surface area contributed by atoms with Gasteiger partial charge in [0.1, 0.15) is 5.54 Å². The monoisotopic (exact) mass is 441 g/mol. The van der Waals surface area contributed by atoms with E-state index in [-0.39, 0.29) is 23.0 Å². The first-order valence-corrected chi connectivity index (χ1v) is 11.1. The first-order valence-electron chi connectivity index (χ1n) is 9.70. The van der Waals surface area contributed by atoms with Crippen LogP contribution in [0, 0.1) is 0 Å². The molecular weight excluding hydrogens is 422 g/mol. The summed E-state index contributed by atoms with van der Waals surface area (Å²) >= 11 is 0. The van der Waals surface area contributed by atoms with Gasteiger partial charge < -0.3 is 20.6 Å². The zero-order chi connectivity index (χ0) is 21.8. The van der Waals surface area contributed by atoms with Gasteiger partial charge in [-0.05, 0) is 31.0 Å². The summed E-state index contributed by atoms with van der Waals surface area (Å²) in [6, 6.07) is 9.67. The van der Waals surface area contributed by atoms with Gasteiger partial charge in [0, 0.05) is 18.1 Å². The third kappa shape index (κ3) is 2.92. The molecule has 160 valence electrons. The van der Waals surface area contributed by atoms with Crippen LogP contribution >= 0.6 is 0 Å². The topological polar surface area (TPSA) is 134 Å². The molecule has 0 radical (unpaired) electrons. The fourth-order valence-corrected chi connectivity index (χ4v) is 5.56. The molecule has 2 amide bonds. The van der Waals surface area contributed by atoms with E-state index < -0.39 is 21.7 Å². The van der Waals surface area contributed by atoms with E-state index in [0.29, 0.717) is 36.1 Å². The Balaban J connectivity index is 1.61. The molecular formula is C20H19N5O5S. The highest BCUT2D eigenvalue weighted by molar-refractivity contribution is 7.90. The number of pyridine rings is 1. The smallest absolute Gasteiger partial charge is 0.407 e. The summed E-state index contributed by atoms with van der Waals surface area (Å²) in [5.41, 5.74) is 0.0368. The highest BCUT2D eigenvalue weighted by atomic mass is 32.2. The quantitative estimate of drug-likeness (QED) is 0.555. The van der Waals surface area contributed by atoms with Gasteiger partial charge in [-0.3, -0.25) is 4.79 Å². The van der Waals surface area contributed by atoms with E-state index in [1.165, 1.54) is 29.4 Å².